The molecule has 1 saturated heterocycles. The Morgan fingerprint density at radius 1 is 1.29 bits per heavy atom. The monoisotopic (exact) mass is 497 g/mol. The van der Waals surface area contributed by atoms with Crippen LogP contribution in [-0.2, 0) is 11.8 Å². The summed E-state index contributed by atoms with van der Waals surface area (Å²) in [7, 11) is 1.73. The van der Waals surface area contributed by atoms with Crippen molar-refractivity contribution in [2.75, 3.05) is 18.5 Å². The predicted octanol–water partition coefficient (Wildman–Crippen LogP) is 4.82. The number of anilines is 2. The van der Waals surface area contributed by atoms with Crippen LogP contribution >= 0.6 is 11.6 Å². The van der Waals surface area contributed by atoms with Gasteiger partial charge in [0.2, 0.25) is 5.95 Å². The Bertz CT molecular complexity index is 1390. The Labute approximate surface area is 206 Å². The van der Waals surface area contributed by atoms with Crippen LogP contribution in [0.4, 0.5) is 16.0 Å². The molecule has 1 amide bonds. The number of halogens is 2. The van der Waals surface area contributed by atoms with Gasteiger partial charge in [0.05, 0.1) is 28.0 Å². The smallest absolute Gasteiger partial charge is 0.254 e. The highest BCUT2D eigenvalue weighted by Gasteiger charge is 2.21. The average molecular weight is 498 g/mol. The fraction of sp³-hybridized carbons (Fsp3) is 0.333. The van der Waals surface area contributed by atoms with Crippen molar-refractivity contribution in [2.24, 2.45) is 7.05 Å². The van der Waals surface area contributed by atoms with Crippen molar-refractivity contribution in [3.05, 3.63) is 52.9 Å². The van der Waals surface area contributed by atoms with E-state index in [1.807, 2.05) is 16.8 Å². The summed E-state index contributed by atoms with van der Waals surface area (Å²) in [4.78, 5) is 16.5. The summed E-state index contributed by atoms with van der Waals surface area (Å²) in [6.45, 7) is 2.92. The van der Waals surface area contributed by atoms with Gasteiger partial charge in [-0.3, -0.25) is 4.79 Å². The van der Waals surface area contributed by atoms with Gasteiger partial charge < -0.3 is 15.4 Å². The molecule has 11 heteroatoms. The van der Waals surface area contributed by atoms with E-state index in [1.54, 1.807) is 30.9 Å². The van der Waals surface area contributed by atoms with E-state index in [9.17, 15) is 9.18 Å². The standard InChI is InChI=1S/C24H25ClFN7O2/c1-3-27-23(34)15-8-7-14(12-17(15)26)22-30-24(32(2)31-22)29-18-9-10-19-16(21(18)25)13-28-33(19)20-6-4-5-11-35-20/h7-10,12-13,20H,3-6,11H2,1-2H3,(H,27,34)(H,29,30,31). The SMILES string of the molecule is CCNC(=O)c1ccc(-c2nc(Nc3ccc4c(cnn4C4CCCCO4)c3Cl)n(C)n2)cc1F. The van der Waals surface area contributed by atoms with Crippen LogP contribution in [-0.4, -0.2) is 43.6 Å². The molecule has 4 aromatic rings. The molecule has 5 rings (SSSR count). The molecule has 0 radical (unpaired) electrons. The van der Waals surface area contributed by atoms with E-state index >= 15 is 0 Å². The van der Waals surface area contributed by atoms with Crippen molar-refractivity contribution in [1.29, 1.82) is 0 Å². The van der Waals surface area contributed by atoms with E-state index in [4.69, 9.17) is 16.3 Å². The van der Waals surface area contributed by atoms with Gasteiger partial charge in [-0.25, -0.2) is 13.8 Å². The van der Waals surface area contributed by atoms with Crippen molar-refractivity contribution >= 4 is 40.0 Å². The summed E-state index contributed by atoms with van der Waals surface area (Å²) in [5, 5.41) is 16.0. The number of aromatic nitrogens is 5. The third-order valence-corrected chi connectivity index (χ3v) is 6.37. The summed E-state index contributed by atoms with van der Waals surface area (Å²) in [6.07, 6.45) is 4.74. The molecule has 2 aromatic heterocycles. The topological polar surface area (TPSA) is 98.9 Å². The molecule has 1 fully saturated rings. The van der Waals surface area contributed by atoms with Gasteiger partial charge in [-0.05, 0) is 50.5 Å². The van der Waals surface area contributed by atoms with E-state index in [0.717, 1.165) is 36.8 Å². The summed E-state index contributed by atoms with van der Waals surface area (Å²) < 4.78 is 23.8. The number of hydrogen-bond acceptors (Lipinski definition) is 6. The second kappa shape index (κ2) is 9.63. The van der Waals surface area contributed by atoms with Gasteiger partial charge in [0.1, 0.15) is 5.82 Å². The highest BCUT2D eigenvalue weighted by atomic mass is 35.5. The van der Waals surface area contributed by atoms with Crippen LogP contribution in [0.3, 0.4) is 0 Å². The quantitative estimate of drug-likeness (QED) is 0.396. The Kier molecular flexibility index (Phi) is 6.40. The number of nitrogens with one attached hydrogen (secondary N) is 2. The number of benzene rings is 2. The zero-order chi connectivity index (χ0) is 24.5. The van der Waals surface area contributed by atoms with Crippen molar-refractivity contribution in [3.63, 3.8) is 0 Å². The molecular weight excluding hydrogens is 473 g/mol. The van der Waals surface area contributed by atoms with Crippen molar-refractivity contribution < 1.29 is 13.9 Å². The first-order valence-electron chi connectivity index (χ1n) is 11.5. The lowest BCUT2D eigenvalue weighted by Gasteiger charge is -2.23. The van der Waals surface area contributed by atoms with Crippen LogP contribution in [0.15, 0.2) is 36.5 Å². The van der Waals surface area contributed by atoms with E-state index in [1.165, 1.54) is 12.1 Å². The molecule has 3 heterocycles. The minimum atomic E-state index is -0.636. The third-order valence-electron chi connectivity index (χ3n) is 5.96. The van der Waals surface area contributed by atoms with Gasteiger partial charge in [-0.2, -0.15) is 10.1 Å². The first-order valence-corrected chi connectivity index (χ1v) is 11.9. The molecule has 1 aliphatic heterocycles. The van der Waals surface area contributed by atoms with Crippen LogP contribution < -0.4 is 10.6 Å². The predicted molar refractivity (Wildman–Crippen MR) is 131 cm³/mol. The molecule has 9 nitrogen and oxygen atoms in total. The Morgan fingerprint density at radius 3 is 2.89 bits per heavy atom. The molecule has 0 aliphatic carbocycles. The number of carbonyl (C=O) groups is 1. The van der Waals surface area contributed by atoms with Crippen LogP contribution in [0, 0.1) is 5.82 Å². The number of nitrogens with zero attached hydrogens (tertiary/aromatic N) is 5. The molecule has 0 saturated carbocycles. The largest absolute Gasteiger partial charge is 0.356 e. The zero-order valence-corrected chi connectivity index (χ0v) is 20.1. The van der Waals surface area contributed by atoms with Crippen molar-refractivity contribution in [2.45, 2.75) is 32.4 Å². The Balaban J connectivity index is 1.40. The van der Waals surface area contributed by atoms with Gasteiger partial charge in [0, 0.05) is 31.1 Å². The first kappa shape index (κ1) is 23.3. The highest BCUT2D eigenvalue weighted by Crippen LogP contribution is 2.35. The van der Waals surface area contributed by atoms with Crippen molar-refractivity contribution in [3.8, 4) is 11.4 Å². The van der Waals surface area contributed by atoms with E-state index in [2.05, 4.69) is 25.8 Å². The number of aryl methyl sites for hydroxylation is 1. The molecule has 35 heavy (non-hydrogen) atoms. The highest BCUT2D eigenvalue weighted by molar-refractivity contribution is 6.38. The summed E-state index contributed by atoms with van der Waals surface area (Å²) in [5.41, 5.74) is 1.97. The fourth-order valence-corrected chi connectivity index (χ4v) is 4.42. The van der Waals surface area contributed by atoms with Gasteiger partial charge in [-0.15, -0.1) is 5.10 Å². The number of rotatable bonds is 6. The summed E-state index contributed by atoms with van der Waals surface area (Å²) in [5.74, 6) is -0.354. The van der Waals surface area contributed by atoms with E-state index < -0.39 is 11.7 Å². The van der Waals surface area contributed by atoms with Crippen molar-refractivity contribution in [1.82, 2.24) is 29.9 Å². The molecule has 2 aromatic carbocycles. The third kappa shape index (κ3) is 4.46. The number of fused-ring (bicyclic) bond motifs is 1. The normalized spacial score (nSPS) is 15.9. The lowest BCUT2D eigenvalue weighted by molar-refractivity contribution is -0.0366. The molecule has 1 unspecified atom stereocenters. The Hall–Kier alpha value is -3.50. The minimum absolute atomic E-state index is 0.0239. The number of ether oxygens (including phenoxy) is 1. The van der Waals surface area contributed by atoms with Gasteiger partial charge in [0.15, 0.2) is 12.1 Å². The maximum absolute atomic E-state index is 14.5. The van der Waals surface area contributed by atoms with E-state index in [0.29, 0.717) is 34.6 Å². The minimum Gasteiger partial charge on any atom is -0.356 e. The molecule has 0 bridgehead atoms. The van der Waals surface area contributed by atoms with Crippen LogP contribution in [0.1, 0.15) is 42.8 Å². The van der Waals surface area contributed by atoms with Gasteiger partial charge in [-0.1, -0.05) is 17.7 Å². The lowest BCUT2D eigenvalue weighted by Crippen LogP contribution is -2.23. The van der Waals surface area contributed by atoms with Crippen LogP contribution in [0.25, 0.3) is 22.3 Å². The maximum Gasteiger partial charge on any atom is 0.254 e. The fourth-order valence-electron chi connectivity index (χ4n) is 4.16. The molecule has 1 atom stereocenters. The molecule has 1 aliphatic rings. The number of carbonyl (C=O) groups excluding carboxylic acids is 1. The summed E-state index contributed by atoms with van der Waals surface area (Å²) in [6, 6.07) is 8.11. The molecule has 2 N–H and O–H groups in total. The maximum atomic E-state index is 14.5. The number of amides is 1. The Morgan fingerprint density at radius 2 is 2.14 bits per heavy atom. The number of hydrogen-bond donors (Lipinski definition) is 2. The summed E-state index contributed by atoms with van der Waals surface area (Å²) >= 11 is 6.71. The second-order valence-electron chi connectivity index (χ2n) is 8.33. The average Bonchev–Trinajstić information content (AvgIpc) is 3.45. The first-order chi connectivity index (χ1) is 17.0. The molecule has 182 valence electrons. The van der Waals surface area contributed by atoms with Gasteiger partial charge in [0.25, 0.3) is 5.91 Å². The zero-order valence-electron chi connectivity index (χ0n) is 19.4. The van der Waals surface area contributed by atoms with Crippen LogP contribution in [0.5, 0.6) is 0 Å². The lowest BCUT2D eigenvalue weighted by atomic mass is 10.1. The molecular formula is C24H25ClFN7O2. The van der Waals surface area contributed by atoms with Gasteiger partial charge >= 0.3 is 0 Å². The van der Waals surface area contributed by atoms with Crippen LogP contribution in [0.2, 0.25) is 5.02 Å². The second-order valence-corrected chi connectivity index (χ2v) is 8.71. The molecule has 0 spiro atoms. The van der Waals surface area contributed by atoms with E-state index in [-0.39, 0.29) is 11.8 Å².